The first-order valence-electron chi connectivity index (χ1n) is 5.13. The van der Waals surface area contributed by atoms with Gasteiger partial charge in [-0.05, 0) is 30.3 Å². The van der Waals surface area contributed by atoms with Crippen molar-refractivity contribution in [2.75, 3.05) is 10.7 Å². The number of carbonyl (C=O) groups excluding carboxylic acids is 1. The highest BCUT2D eigenvalue weighted by Gasteiger charge is 2.06. The average molecular weight is 245 g/mol. The van der Waals surface area contributed by atoms with Crippen molar-refractivity contribution in [3.63, 3.8) is 0 Å². The van der Waals surface area contributed by atoms with Crippen LogP contribution in [0.15, 0.2) is 41.2 Å². The Hall–Kier alpha value is -2.67. The molecule has 2 aromatic rings. The van der Waals surface area contributed by atoms with Gasteiger partial charge in [0.15, 0.2) is 5.82 Å². The number of nitrogens with two attached hydrogens (primary N) is 1. The molecular formula is C11H11N5O2. The van der Waals surface area contributed by atoms with Crippen molar-refractivity contribution < 1.29 is 4.79 Å². The van der Waals surface area contributed by atoms with Crippen LogP contribution in [0.5, 0.6) is 0 Å². The average Bonchev–Trinajstić information content (AvgIpc) is 2.41. The molecule has 1 aromatic carbocycles. The second-order valence-electron chi connectivity index (χ2n) is 3.48. The van der Waals surface area contributed by atoms with Gasteiger partial charge in [-0.25, -0.2) is 5.10 Å². The number of aromatic nitrogens is 2. The zero-order valence-electron chi connectivity index (χ0n) is 9.31. The second-order valence-corrected chi connectivity index (χ2v) is 3.48. The van der Waals surface area contributed by atoms with E-state index in [4.69, 9.17) is 5.84 Å². The number of hydrogen-bond donors (Lipinski definition) is 4. The van der Waals surface area contributed by atoms with E-state index in [-0.39, 0.29) is 17.3 Å². The zero-order chi connectivity index (χ0) is 13.0. The normalized spacial score (nSPS) is 9.83. The number of nitrogen functional groups attached to an aromatic ring is 1. The van der Waals surface area contributed by atoms with Crippen LogP contribution in [-0.4, -0.2) is 16.1 Å². The van der Waals surface area contributed by atoms with E-state index in [9.17, 15) is 9.59 Å². The number of nitrogens with one attached hydrogen (secondary N) is 3. The number of benzene rings is 1. The van der Waals surface area contributed by atoms with Crippen LogP contribution in [0.1, 0.15) is 10.4 Å². The van der Waals surface area contributed by atoms with Crippen molar-refractivity contribution in [2.24, 2.45) is 5.84 Å². The minimum Gasteiger partial charge on any atom is -0.324 e. The Labute approximate surface area is 102 Å². The highest BCUT2D eigenvalue weighted by molar-refractivity contribution is 6.03. The van der Waals surface area contributed by atoms with Crippen LogP contribution >= 0.6 is 0 Å². The summed E-state index contributed by atoms with van der Waals surface area (Å²) in [6.45, 7) is 0. The minimum absolute atomic E-state index is 0.278. The lowest BCUT2D eigenvalue weighted by Gasteiger charge is -2.04. The van der Waals surface area contributed by atoms with Gasteiger partial charge in [0.05, 0.1) is 0 Å². The lowest BCUT2D eigenvalue weighted by atomic mass is 10.2. The molecule has 0 saturated carbocycles. The SMILES string of the molecule is NNc1ccc(C(=O)Nc2ccc(=O)[nH]n2)cc1. The molecule has 0 spiro atoms. The Kier molecular flexibility index (Phi) is 3.35. The number of nitrogens with zero attached hydrogens (tertiary/aromatic N) is 1. The molecule has 0 saturated heterocycles. The van der Waals surface area contributed by atoms with Crippen molar-refractivity contribution in [3.8, 4) is 0 Å². The number of H-pyrrole nitrogens is 1. The van der Waals surface area contributed by atoms with E-state index in [1.165, 1.54) is 12.1 Å². The summed E-state index contributed by atoms with van der Waals surface area (Å²) in [4.78, 5) is 22.6. The number of amides is 1. The smallest absolute Gasteiger partial charge is 0.264 e. The molecule has 0 aliphatic heterocycles. The Morgan fingerprint density at radius 1 is 1.17 bits per heavy atom. The summed E-state index contributed by atoms with van der Waals surface area (Å²) in [5, 5.41) is 8.45. The number of hydrazine groups is 1. The largest absolute Gasteiger partial charge is 0.324 e. The lowest BCUT2D eigenvalue weighted by Crippen LogP contribution is -2.16. The van der Waals surface area contributed by atoms with Gasteiger partial charge in [0.1, 0.15) is 0 Å². The third-order valence-corrected chi connectivity index (χ3v) is 2.23. The molecule has 0 fully saturated rings. The van der Waals surface area contributed by atoms with Gasteiger partial charge in [0.2, 0.25) is 0 Å². The lowest BCUT2D eigenvalue weighted by molar-refractivity contribution is 0.102. The fourth-order valence-corrected chi connectivity index (χ4v) is 1.32. The highest BCUT2D eigenvalue weighted by Crippen LogP contribution is 2.09. The quantitative estimate of drug-likeness (QED) is 0.459. The Morgan fingerprint density at radius 2 is 1.89 bits per heavy atom. The van der Waals surface area contributed by atoms with E-state index >= 15 is 0 Å². The number of hydrogen-bond acceptors (Lipinski definition) is 5. The monoisotopic (exact) mass is 245 g/mol. The van der Waals surface area contributed by atoms with Gasteiger partial charge in [-0.15, -0.1) is 0 Å². The van der Waals surface area contributed by atoms with Gasteiger partial charge in [-0.3, -0.25) is 15.4 Å². The van der Waals surface area contributed by atoms with Gasteiger partial charge < -0.3 is 10.7 Å². The van der Waals surface area contributed by atoms with Crippen molar-refractivity contribution >= 4 is 17.4 Å². The molecule has 0 bridgehead atoms. The predicted molar refractivity (Wildman–Crippen MR) is 67.1 cm³/mol. The fraction of sp³-hybridized carbons (Fsp3) is 0. The third-order valence-electron chi connectivity index (χ3n) is 2.23. The Morgan fingerprint density at radius 3 is 2.44 bits per heavy atom. The van der Waals surface area contributed by atoms with Gasteiger partial charge in [-0.1, -0.05) is 0 Å². The van der Waals surface area contributed by atoms with Gasteiger partial charge in [0.25, 0.3) is 11.5 Å². The summed E-state index contributed by atoms with van der Waals surface area (Å²) in [6.07, 6.45) is 0. The summed E-state index contributed by atoms with van der Waals surface area (Å²) in [5.74, 6) is 5.18. The molecule has 1 aromatic heterocycles. The maximum Gasteiger partial charge on any atom is 0.264 e. The summed E-state index contributed by atoms with van der Waals surface area (Å²) in [7, 11) is 0. The van der Waals surface area contributed by atoms with Gasteiger partial charge in [-0.2, -0.15) is 5.10 Å². The van der Waals surface area contributed by atoms with Crippen LogP contribution in [0.4, 0.5) is 11.5 Å². The van der Waals surface area contributed by atoms with Crippen LogP contribution in [0, 0.1) is 0 Å². The summed E-state index contributed by atoms with van der Waals surface area (Å²) in [6, 6.07) is 9.30. The van der Waals surface area contributed by atoms with Gasteiger partial charge >= 0.3 is 0 Å². The molecule has 0 radical (unpaired) electrons. The van der Waals surface area contributed by atoms with Crippen molar-refractivity contribution in [2.45, 2.75) is 0 Å². The maximum absolute atomic E-state index is 11.8. The van der Waals surface area contributed by atoms with Crippen LogP contribution in [0.25, 0.3) is 0 Å². The third kappa shape index (κ3) is 2.71. The molecule has 1 heterocycles. The zero-order valence-corrected chi connectivity index (χ0v) is 9.31. The molecule has 5 N–H and O–H groups in total. The number of aromatic amines is 1. The molecule has 7 nitrogen and oxygen atoms in total. The first-order valence-corrected chi connectivity index (χ1v) is 5.13. The van der Waals surface area contributed by atoms with Crippen LogP contribution in [0.2, 0.25) is 0 Å². The molecule has 0 aliphatic rings. The molecule has 92 valence electrons. The van der Waals surface area contributed by atoms with Gasteiger partial charge in [0, 0.05) is 17.3 Å². The molecule has 1 amide bonds. The molecule has 0 unspecified atom stereocenters. The van der Waals surface area contributed by atoms with Crippen molar-refractivity contribution in [1.82, 2.24) is 10.2 Å². The summed E-state index contributed by atoms with van der Waals surface area (Å²) in [5.41, 5.74) is 3.30. The highest BCUT2D eigenvalue weighted by atomic mass is 16.2. The number of carbonyl (C=O) groups is 1. The van der Waals surface area contributed by atoms with E-state index in [1.54, 1.807) is 24.3 Å². The molecule has 7 heteroatoms. The van der Waals surface area contributed by atoms with E-state index in [2.05, 4.69) is 20.9 Å². The summed E-state index contributed by atoms with van der Waals surface area (Å²) >= 11 is 0. The summed E-state index contributed by atoms with van der Waals surface area (Å²) < 4.78 is 0. The minimum atomic E-state index is -0.327. The molecule has 18 heavy (non-hydrogen) atoms. The predicted octanol–water partition coefficient (Wildman–Crippen LogP) is 0.308. The van der Waals surface area contributed by atoms with Crippen LogP contribution in [-0.2, 0) is 0 Å². The van der Waals surface area contributed by atoms with Crippen molar-refractivity contribution in [3.05, 3.63) is 52.3 Å². The fourth-order valence-electron chi connectivity index (χ4n) is 1.32. The number of rotatable bonds is 3. The van der Waals surface area contributed by atoms with E-state index in [0.717, 1.165) is 0 Å². The molecular weight excluding hydrogens is 234 g/mol. The van der Waals surface area contributed by atoms with E-state index in [1.807, 2.05) is 0 Å². The van der Waals surface area contributed by atoms with Crippen LogP contribution < -0.4 is 22.1 Å². The molecule has 0 aliphatic carbocycles. The Bertz CT molecular complexity index is 585. The maximum atomic E-state index is 11.8. The first-order chi connectivity index (χ1) is 8.69. The molecule has 0 atom stereocenters. The topological polar surface area (TPSA) is 113 Å². The van der Waals surface area contributed by atoms with Crippen molar-refractivity contribution in [1.29, 1.82) is 0 Å². The van der Waals surface area contributed by atoms with E-state index < -0.39 is 0 Å². The first kappa shape index (κ1) is 11.8. The van der Waals surface area contributed by atoms with E-state index in [0.29, 0.717) is 11.3 Å². The van der Waals surface area contributed by atoms with Crippen LogP contribution in [0.3, 0.4) is 0 Å². The second kappa shape index (κ2) is 5.11. The molecule has 2 rings (SSSR count). The number of anilines is 2. The Balaban J connectivity index is 2.11. The standard InChI is InChI=1S/C11H11N5O2/c12-14-8-3-1-7(2-4-8)11(18)13-9-5-6-10(17)16-15-9/h1-6,14H,12H2,(H,16,17)(H,13,15,18).